The van der Waals surface area contributed by atoms with Crippen molar-refractivity contribution in [2.45, 2.75) is 25.1 Å². The number of hydrogen-bond acceptors (Lipinski definition) is 1. The van der Waals surface area contributed by atoms with E-state index in [1.54, 1.807) is 0 Å². The first-order chi connectivity index (χ1) is 7.71. The number of halogens is 6. The van der Waals surface area contributed by atoms with Gasteiger partial charge in [0.05, 0.1) is 5.56 Å². The van der Waals surface area contributed by atoms with E-state index in [0.29, 0.717) is 6.07 Å². The van der Waals surface area contributed by atoms with E-state index >= 15 is 0 Å². The molecular weight excluding hydrogens is 265 g/mol. The van der Waals surface area contributed by atoms with E-state index in [1.165, 1.54) is 6.07 Å². The lowest BCUT2D eigenvalue weighted by atomic mass is 9.98. The second-order valence-electron chi connectivity index (χ2n) is 3.46. The zero-order chi connectivity index (χ0) is 13.2. The Morgan fingerprint density at radius 2 is 1.82 bits per heavy atom. The summed E-state index contributed by atoms with van der Waals surface area (Å²) in [5, 5.41) is -0.120. The molecule has 0 saturated carbocycles. The lowest BCUT2D eigenvalue weighted by Crippen LogP contribution is -2.19. The van der Waals surface area contributed by atoms with Crippen LogP contribution in [0, 0.1) is 0 Å². The lowest BCUT2D eigenvalue weighted by molar-refractivity contribution is -0.138. The van der Waals surface area contributed by atoms with Gasteiger partial charge >= 0.3 is 6.18 Å². The van der Waals surface area contributed by atoms with Gasteiger partial charge in [0, 0.05) is 17.5 Å². The molecular formula is C10H9ClF5N. The Kier molecular flexibility index (Phi) is 4.32. The van der Waals surface area contributed by atoms with Gasteiger partial charge in [0.15, 0.2) is 0 Å². The number of hydrogen-bond donors (Lipinski definition) is 1. The van der Waals surface area contributed by atoms with Crippen molar-refractivity contribution in [3.63, 3.8) is 0 Å². The fraction of sp³-hybridized carbons (Fsp3) is 0.400. The van der Waals surface area contributed by atoms with E-state index in [0.717, 1.165) is 6.07 Å². The highest BCUT2D eigenvalue weighted by Gasteiger charge is 2.35. The molecule has 1 nitrogen and oxygen atoms in total. The van der Waals surface area contributed by atoms with Gasteiger partial charge in [-0.2, -0.15) is 13.2 Å². The summed E-state index contributed by atoms with van der Waals surface area (Å²) in [6.45, 7) is 0. The summed E-state index contributed by atoms with van der Waals surface area (Å²) in [4.78, 5) is 0. The smallest absolute Gasteiger partial charge is 0.324 e. The maximum absolute atomic E-state index is 12.6. The van der Waals surface area contributed by atoms with Crippen LogP contribution in [-0.2, 0) is 6.18 Å². The Morgan fingerprint density at radius 3 is 2.29 bits per heavy atom. The third-order valence-corrected chi connectivity index (χ3v) is 2.39. The standard InChI is InChI=1S/C10H9ClF5N/c11-5-1-2-6(8(17)4-9(12)13)7(3-5)10(14,15)16/h1-3,8-9H,4,17H2/t8-/m1/s1. The molecule has 1 atom stereocenters. The van der Waals surface area contributed by atoms with Crippen LogP contribution in [0.2, 0.25) is 5.02 Å². The zero-order valence-electron chi connectivity index (χ0n) is 8.44. The van der Waals surface area contributed by atoms with Crippen LogP contribution in [0.25, 0.3) is 0 Å². The Hall–Kier alpha value is -0.880. The third kappa shape index (κ3) is 3.81. The molecule has 0 unspecified atom stereocenters. The van der Waals surface area contributed by atoms with E-state index in [-0.39, 0.29) is 10.6 Å². The molecule has 0 bridgehead atoms. The highest BCUT2D eigenvalue weighted by molar-refractivity contribution is 6.30. The van der Waals surface area contributed by atoms with Gasteiger partial charge in [0.25, 0.3) is 0 Å². The predicted molar refractivity (Wildman–Crippen MR) is 54.0 cm³/mol. The van der Waals surface area contributed by atoms with Crippen molar-refractivity contribution >= 4 is 11.6 Å². The molecule has 1 aromatic rings. The average Bonchev–Trinajstić information content (AvgIpc) is 2.14. The Bertz CT molecular complexity index is 391. The van der Waals surface area contributed by atoms with Gasteiger partial charge in [0.2, 0.25) is 6.43 Å². The second-order valence-corrected chi connectivity index (χ2v) is 3.90. The van der Waals surface area contributed by atoms with Crippen LogP contribution >= 0.6 is 11.6 Å². The van der Waals surface area contributed by atoms with E-state index in [1.807, 2.05) is 0 Å². The van der Waals surface area contributed by atoms with Crippen molar-refractivity contribution in [1.29, 1.82) is 0 Å². The first-order valence-electron chi connectivity index (χ1n) is 4.62. The van der Waals surface area contributed by atoms with Crippen LogP contribution in [0.5, 0.6) is 0 Å². The van der Waals surface area contributed by atoms with E-state index in [9.17, 15) is 22.0 Å². The lowest BCUT2D eigenvalue weighted by Gasteiger charge is -2.18. The van der Waals surface area contributed by atoms with E-state index in [2.05, 4.69) is 0 Å². The molecule has 0 aliphatic heterocycles. The zero-order valence-corrected chi connectivity index (χ0v) is 9.19. The number of nitrogens with two attached hydrogens (primary N) is 1. The van der Waals surface area contributed by atoms with Gasteiger partial charge in [-0.25, -0.2) is 8.78 Å². The van der Waals surface area contributed by atoms with Gasteiger partial charge in [0.1, 0.15) is 0 Å². The monoisotopic (exact) mass is 273 g/mol. The molecule has 0 heterocycles. The van der Waals surface area contributed by atoms with Gasteiger partial charge in [-0.05, 0) is 17.7 Å². The summed E-state index contributed by atoms with van der Waals surface area (Å²) < 4.78 is 62.1. The highest BCUT2D eigenvalue weighted by atomic mass is 35.5. The van der Waals surface area contributed by atoms with Crippen molar-refractivity contribution in [3.8, 4) is 0 Å². The van der Waals surface area contributed by atoms with Gasteiger partial charge in [-0.1, -0.05) is 17.7 Å². The maximum atomic E-state index is 12.6. The van der Waals surface area contributed by atoms with Crippen LogP contribution < -0.4 is 5.73 Å². The molecule has 7 heteroatoms. The minimum Gasteiger partial charge on any atom is -0.324 e. The molecule has 0 aliphatic rings. The fourth-order valence-electron chi connectivity index (χ4n) is 1.42. The van der Waals surface area contributed by atoms with Gasteiger partial charge in [-0.3, -0.25) is 0 Å². The van der Waals surface area contributed by atoms with E-state index < -0.39 is 30.6 Å². The Balaban J connectivity index is 3.15. The molecule has 0 aliphatic carbocycles. The molecule has 0 saturated heterocycles. The first-order valence-corrected chi connectivity index (χ1v) is 5.00. The topological polar surface area (TPSA) is 26.0 Å². The largest absolute Gasteiger partial charge is 0.416 e. The third-order valence-electron chi connectivity index (χ3n) is 2.15. The van der Waals surface area contributed by atoms with Crippen molar-refractivity contribution < 1.29 is 22.0 Å². The molecule has 0 amide bonds. The molecule has 0 fully saturated rings. The normalized spacial score (nSPS) is 14.1. The molecule has 0 aromatic heterocycles. The number of benzene rings is 1. The van der Waals surface area contributed by atoms with Crippen molar-refractivity contribution in [2.24, 2.45) is 5.73 Å². The first kappa shape index (κ1) is 14.2. The summed E-state index contributed by atoms with van der Waals surface area (Å²) in [6, 6.07) is 1.53. The summed E-state index contributed by atoms with van der Waals surface area (Å²) in [6.07, 6.45) is -8.26. The second kappa shape index (κ2) is 5.18. The van der Waals surface area contributed by atoms with Crippen LogP contribution in [0.1, 0.15) is 23.6 Å². The number of alkyl halides is 5. The summed E-state index contributed by atoms with van der Waals surface area (Å²) in [7, 11) is 0. The van der Waals surface area contributed by atoms with Crippen molar-refractivity contribution in [1.82, 2.24) is 0 Å². The molecule has 96 valence electrons. The average molecular weight is 274 g/mol. The van der Waals surface area contributed by atoms with Crippen LogP contribution in [0.15, 0.2) is 18.2 Å². The minimum absolute atomic E-state index is 0.120. The summed E-state index contributed by atoms with van der Waals surface area (Å²) in [5.74, 6) is 0. The molecule has 0 radical (unpaired) electrons. The molecule has 0 spiro atoms. The van der Waals surface area contributed by atoms with Crippen LogP contribution in [0.4, 0.5) is 22.0 Å². The maximum Gasteiger partial charge on any atom is 0.416 e. The van der Waals surface area contributed by atoms with Crippen LogP contribution in [0.3, 0.4) is 0 Å². The highest BCUT2D eigenvalue weighted by Crippen LogP contribution is 2.36. The van der Waals surface area contributed by atoms with Crippen molar-refractivity contribution in [2.75, 3.05) is 0 Å². The van der Waals surface area contributed by atoms with Gasteiger partial charge < -0.3 is 5.73 Å². The summed E-state index contributed by atoms with van der Waals surface area (Å²) in [5.41, 5.74) is 3.88. The molecule has 2 N–H and O–H groups in total. The Morgan fingerprint density at radius 1 is 1.24 bits per heavy atom. The summed E-state index contributed by atoms with van der Waals surface area (Å²) >= 11 is 5.44. The predicted octanol–water partition coefficient (Wildman–Crippen LogP) is 4.01. The Labute approximate surface area is 99.4 Å². The number of rotatable bonds is 3. The van der Waals surface area contributed by atoms with Gasteiger partial charge in [-0.15, -0.1) is 0 Å². The van der Waals surface area contributed by atoms with E-state index in [4.69, 9.17) is 17.3 Å². The molecule has 1 rings (SSSR count). The minimum atomic E-state index is -4.67. The molecule has 17 heavy (non-hydrogen) atoms. The fourth-order valence-corrected chi connectivity index (χ4v) is 1.59. The van der Waals surface area contributed by atoms with Crippen LogP contribution in [-0.4, -0.2) is 6.43 Å². The molecule has 1 aromatic carbocycles. The quantitative estimate of drug-likeness (QED) is 0.827. The van der Waals surface area contributed by atoms with Crippen molar-refractivity contribution in [3.05, 3.63) is 34.3 Å². The SMILES string of the molecule is N[C@H](CC(F)F)c1ccc(Cl)cc1C(F)(F)F.